The molecule has 0 unspecified atom stereocenters. The molecular weight excluding hydrogens is 384 g/mol. The van der Waals surface area contributed by atoms with Crippen molar-refractivity contribution >= 4 is 28.7 Å². The molecule has 1 aliphatic heterocycles. The second-order valence-electron chi connectivity index (χ2n) is 7.24. The van der Waals surface area contributed by atoms with E-state index in [-0.39, 0.29) is 0 Å². The molecular formula is C21H24N6OS. The first kappa shape index (κ1) is 19.6. The van der Waals surface area contributed by atoms with Gasteiger partial charge < -0.3 is 20.4 Å². The van der Waals surface area contributed by atoms with Gasteiger partial charge >= 0.3 is 0 Å². The highest BCUT2D eigenvalue weighted by atomic mass is 32.2. The zero-order valence-corrected chi connectivity index (χ0v) is 17.4. The van der Waals surface area contributed by atoms with Crippen molar-refractivity contribution in [1.82, 2.24) is 24.8 Å². The number of nitrogens with two attached hydrogens (primary N) is 1. The molecule has 1 aromatic carbocycles. The van der Waals surface area contributed by atoms with Crippen LogP contribution in [0.3, 0.4) is 0 Å². The maximum absolute atomic E-state index is 6.06. The lowest BCUT2D eigenvalue weighted by Gasteiger charge is -2.12. The number of ether oxygens (including phenoxy) is 1. The van der Waals surface area contributed by atoms with Gasteiger partial charge in [-0.05, 0) is 30.7 Å². The largest absolute Gasteiger partial charge is 0.493 e. The highest BCUT2D eigenvalue weighted by molar-refractivity contribution is 7.99. The molecule has 0 saturated heterocycles. The number of terminal acetylenes is 1. The van der Waals surface area contributed by atoms with Crippen LogP contribution in [-0.4, -0.2) is 38.7 Å². The van der Waals surface area contributed by atoms with Crippen molar-refractivity contribution in [2.24, 2.45) is 0 Å². The van der Waals surface area contributed by atoms with Gasteiger partial charge in [0.25, 0.3) is 0 Å². The van der Waals surface area contributed by atoms with E-state index in [0.29, 0.717) is 24.0 Å². The Bertz CT molecular complexity index is 1080. The van der Waals surface area contributed by atoms with E-state index in [1.165, 1.54) is 11.9 Å². The number of imidazole rings is 1. The van der Waals surface area contributed by atoms with E-state index < -0.39 is 0 Å². The average molecular weight is 409 g/mol. The van der Waals surface area contributed by atoms with Crippen LogP contribution in [-0.2, 0) is 13.0 Å². The predicted octanol–water partition coefficient (Wildman–Crippen LogP) is 2.86. The number of benzene rings is 1. The van der Waals surface area contributed by atoms with Crippen LogP contribution in [0.25, 0.3) is 11.2 Å². The first-order valence-corrected chi connectivity index (χ1v) is 10.5. The monoisotopic (exact) mass is 408 g/mol. The minimum Gasteiger partial charge on any atom is -0.493 e. The third-order valence-electron chi connectivity index (χ3n) is 4.78. The molecule has 150 valence electrons. The standard InChI is InChI=1S/C21H24N6OS/c1-4-14-10-16-15(6-9-28-16)11-17(14)29-21-26-18-19(22)24-12-25-20(18)27(21)8-5-7-23-13(2)3/h1,10-13,23H,5-9H2,2-3H3,(H2,22,24,25). The van der Waals surface area contributed by atoms with Crippen molar-refractivity contribution in [2.45, 2.75) is 49.3 Å². The molecule has 29 heavy (non-hydrogen) atoms. The molecule has 1 aliphatic rings. The van der Waals surface area contributed by atoms with Gasteiger partial charge in [0, 0.05) is 29.5 Å². The number of nitrogens with zero attached hydrogens (tertiary/aromatic N) is 4. The fourth-order valence-electron chi connectivity index (χ4n) is 3.34. The van der Waals surface area contributed by atoms with E-state index in [9.17, 15) is 0 Å². The molecule has 0 amide bonds. The molecule has 0 spiro atoms. The Balaban J connectivity index is 1.69. The van der Waals surface area contributed by atoms with Crippen LogP contribution in [0.4, 0.5) is 5.82 Å². The summed E-state index contributed by atoms with van der Waals surface area (Å²) in [5.74, 6) is 4.04. The van der Waals surface area contributed by atoms with E-state index >= 15 is 0 Å². The number of fused-ring (bicyclic) bond motifs is 2. The second kappa shape index (κ2) is 8.31. The summed E-state index contributed by atoms with van der Waals surface area (Å²) in [7, 11) is 0. The Morgan fingerprint density at radius 2 is 2.24 bits per heavy atom. The van der Waals surface area contributed by atoms with E-state index in [2.05, 4.69) is 45.7 Å². The van der Waals surface area contributed by atoms with Crippen LogP contribution < -0.4 is 15.8 Å². The summed E-state index contributed by atoms with van der Waals surface area (Å²) in [5, 5.41) is 4.26. The number of anilines is 1. The molecule has 7 nitrogen and oxygen atoms in total. The number of hydrogen-bond acceptors (Lipinski definition) is 7. The molecule has 0 bridgehead atoms. The first-order chi connectivity index (χ1) is 14.1. The SMILES string of the molecule is C#Cc1cc2c(cc1Sc1nc3c(N)ncnc3n1CCCNC(C)C)CCO2. The fourth-order valence-corrected chi connectivity index (χ4v) is 4.39. The highest BCUT2D eigenvalue weighted by Crippen LogP contribution is 2.37. The molecule has 2 aromatic heterocycles. The summed E-state index contributed by atoms with van der Waals surface area (Å²) in [4.78, 5) is 14.3. The lowest BCUT2D eigenvalue weighted by Crippen LogP contribution is -2.24. The van der Waals surface area contributed by atoms with Crippen molar-refractivity contribution in [1.29, 1.82) is 0 Å². The van der Waals surface area contributed by atoms with Crippen LogP contribution in [0.1, 0.15) is 31.4 Å². The Kier molecular flexibility index (Phi) is 5.60. The third-order valence-corrected chi connectivity index (χ3v) is 5.84. The Morgan fingerprint density at radius 1 is 1.38 bits per heavy atom. The maximum atomic E-state index is 6.06. The van der Waals surface area contributed by atoms with Crippen LogP contribution >= 0.6 is 11.8 Å². The van der Waals surface area contributed by atoms with Gasteiger partial charge in [-0.15, -0.1) is 6.42 Å². The lowest BCUT2D eigenvalue weighted by molar-refractivity contribution is 0.356. The van der Waals surface area contributed by atoms with Crippen LogP contribution in [0.15, 0.2) is 28.5 Å². The van der Waals surface area contributed by atoms with E-state index in [1.807, 2.05) is 6.07 Å². The molecule has 0 radical (unpaired) electrons. The van der Waals surface area contributed by atoms with E-state index in [4.69, 9.17) is 21.9 Å². The van der Waals surface area contributed by atoms with E-state index in [0.717, 1.165) is 52.9 Å². The summed E-state index contributed by atoms with van der Waals surface area (Å²) in [6.45, 7) is 6.66. The van der Waals surface area contributed by atoms with Gasteiger partial charge in [-0.25, -0.2) is 15.0 Å². The highest BCUT2D eigenvalue weighted by Gasteiger charge is 2.20. The molecule has 8 heteroatoms. The quantitative estimate of drug-likeness (QED) is 0.459. The average Bonchev–Trinajstić information content (AvgIpc) is 3.29. The molecule has 3 N–H and O–H groups in total. The summed E-state index contributed by atoms with van der Waals surface area (Å²) in [6.07, 6.45) is 9.09. The minimum absolute atomic E-state index is 0.385. The first-order valence-electron chi connectivity index (χ1n) is 9.71. The Hall–Kier alpha value is -2.76. The molecule has 3 aromatic rings. The molecule has 0 fully saturated rings. The fraction of sp³-hybridized carbons (Fsp3) is 0.381. The Labute approximate surface area is 174 Å². The van der Waals surface area contributed by atoms with Crippen LogP contribution in [0.2, 0.25) is 0 Å². The predicted molar refractivity (Wildman–Crippen MR) is 115 cm³/mol. The van der Waals surface area contributed by atoms with Crippen molar-refractivity contribution in [3.8, 4) is 18.1 Å². The van der Waals surface area contributed by atoms with Crippen molar-refractivity contribution in [3.05, 3.63) is 29.6 Å². The molecule has 0 aliphatic carbocycles. The van der Waals surface area contributed by atoms with Crippen LogP contribution in [0, 0.1) is 12.3 Å². The summed E-state index contributed by atoms with van der Waals surface area (Å²) in [5.41, 5.74) is 9.41. The number of hydrogen-bond donors (Lipinski definition) is 2. The summed E-state index contributed by atoms with van der Waals surface area (Å²) in [6, 6.07) is 4.51. The molecule has 0 saturated carbocycles. The zero-order valence-electron chi connectivity index (χ0n) is 16.6. The smallest absolute Gasteiger partial charge is 0.175 e. The molecule has 4 rings (SSSR count). The van der Waals surface area contributed by atoms with Crippen molar-refractivity contribution in [3.63, 3.8) is 0 Å². The number of aryl methyl sites for hydroxylation is 1. The van der Waals surface area contributed by atoms with Gasteiger partial charge in [0.05, 0.1) is 6.61 Å². The zero-order chi connectivity index (χ0) is 20.4. The second-order valence-corrected chi connectivity index (χ2v) is 8.25. The summed E-state index contributed by atoms with van der Waals surface area (Å²) < 4.78 is 7.75. The van der Waals surface area contributed by atoms with Gasteiger partial charge in [-0.3, -0.25) is 0 Å². The molecule has 0 atom stereocenters. The van der Waals surface area contributed by atoms with Gasteiger partial charge in [-0.1, -0.05) is 31.5 Å². The topological polar surface area (TPSA) is 90.9 Å². The number of aromatic nitrogens is 4. The van der Waals surface area contributed by atoms with Gasteiger partial charge in [-0.2, -0.15) is 0 Å². The molecule has 3 heterocycles. The van der Waals surface area contributed by atoms with Gasteiger partial charge in [0.1, 0.15) is 12.1 Å². The minimum atomic E-state index is 0.385. The van der Waals surface area contributed by atoms with Gasteiger partial charge in [0.2, 0.25) is 0 Å². The van der Waals surface area contributed by atoms with Crippen molar-refractivity contribution in [2.75, 3.05) is 18.9 Å². The van der Waals surface area contributed by atoms with Gasteiger partial charge in [0.15, 0.2) is 22.1 Å². The van der Waals surface area contributed by atoms with Crippen molar-refractivity contribution < 1.29 is 4.74 Å². The number of rotatable bonds is 7. The maximum Gasteiger partial charge on any atom is 0.175 e. The number of nitrogens with one attached hydrogen (secondary N) is 1. The lowest BCUT2D eigenvalue weighted by atomic mass is 10.1. The number of nitrogen functional groups attached to an aromatic ring is 1. The third kappa shape index (κ3) is 4.02. The normalized spacial score (nSPS) is 12.9. The van der Waals surface area contributed by atoms with E-state index in [1.54, 1.807) is 11.8 Å². The van der Waals surface area contributed by atoms with Crippen LogP contribution in [0.5, 0.6) is 5.75 Å². The Morgan fingerprint density at radius 3 is 3.03 bits per heavy atom. The summed E-state index contributed by atoms with van der Waals surface area (Å²) >= 11 is 1.54.